The molecule has 0 saturated heterocycles. The fourth-order valence-corrected chi connectivity index (χ4v) is 2.21. The number of halogens is 1. The van der Waals surface area contributed by atoms with Crippen molar-refractivity contribution in [2.75, 3.05) is 10.6 Å². The third-order valence-corrected chi connectivity index (χ3v) is 3.29. The quantitative estimate of drug-likeness (QED) is 0.798. The van der Waals surface area contributed by atoms with Gasteiger partial charge in [0.25, 0.3) is 0 Å². The Bertz CT molecular complexity index is 499. The van der Waals surface area contributed by atoms with Gasteiger partial charge in [-0.1, -0.05) is 6.08 Å². The zero-order chi connectivity index (χ0) is 13.8. The van der Waals surface area contributed by atoms with Crippen LogP contribution in [0.2, 0.25) is 0 Å². The molecule has 4 heteroatoms. The summed E-state index contributed by atoms with van der Waals surface area (Å²) in [6, 6.07) is 3.36. The normalized spacial score (nSPS) is 15.4. The zero-order valence-electron chi connectivity index (χ0n) is 11.1. The Balaban J connectivity index is 2.14. The summed E-state index contributed by atoms with van der Waals surface area (Å²) >= 11 is 0. The molecule has 1 unspecified atom stereocenters. The molecule has 1 aliphatic heterocycles. The van der Waals surface area contributed by atoms with Gasteiger partial charge in [0.2, 0.25) is 5.91 Å². The number of carbonyl (C=O) groups is 1. The maximum atomic E-state index is 14.0. The maximum absolute atomic E-state index is 14.0. The second-order valence-corrected chi connectivity index (χ2v) is 4.95. The molecule has 0 bridgehead atoms. The van der Waals surface area contributed by atoms with Crippen molar-refractivity contribution in [3.63, 3.8) is 0 Å². The lowest BCUT2D eigenvalue weighted by Crippen LogP contribution is -2.21. The zero-order valence-corrected chi connectivity index (χ0v) is 11.1. The van der Waals surface area contributed by atoms with E-state index in [1.807, 2.05) is 13.0 Å². The van der Waals surface area contributed by atoms with E-state index in [0.29, 0.717) is 18.5 Å². The minimum Gasteiger partial charge on any atom is -0.380 e. The number of aryl methyl sites for hydroxylation is 1. The van der Waals surface area contributed by atoms with Gasteiger partial charge in [-0.15, -0.1) is 6.58 Å². The number of fused-ring (bicyclic) bond motifs is 1. The summed E-state index contributed by atoms with van der Waals surface area (Å²) in [6.45, 7) is 5.67. The van der Waals surface area contributed by atoms with Crippen molar-refractivity contribution in [3.05, 3.63) is 36.2 Å². The van der Waals surface area contributed by atoms with E-state index in [4.69, 9.17) is 0 Å². The summed E-state index contributed by atoms with van der Waals surface area (Å²) in [7, 11) is 0. The molecule has 0 aliphatic carbocycles. The molecule has 0 aromatic heterocycles. The highest BCUT2D eigenvalue weighted by Crippen LogP contribution is 2.29. The number of nitrogens with one attached hydrogen (secondary N) is 2. The lowest BCUT2D eigenvalue weighted by atomic mass is 10.0. The monoisotopic (exact) mass is 262 g/mol. The minimum absolute atomic E-state index is 0.00948. The Kier molecular flexibility index (Phi) is 4.20. The number of amides is 1. The number of carbonyl (C=O) groups excluding carboxylic acids is 1. The molecule has 0 saturated carbocycles. The first kappa shape index (κ1) is 13.6. The van der Waals surface area contributed by atoms with Crippen molar-refractivity contribution >= 4 is 17.3 Å². The van der Waals surface area contributed by atoms with Crippen LogP contribution in [0.25, 0.3) is 0 Å². The van der Waals surface area contributed by atoms with E-state index in [1.54, 1.807) is 6.07 Å². The molecule has 102 valence electrons. The van der Waals surface area contributed by atoms with Crippen molar-refractivity contribution in [1.82, 2.24) is 0 Å². The highest BCUT2D eigenvalue weighted by molar-refractivity contribution is 5.94. The van der Waals surface area contributed by atoms with Crippen LogP contribution in [0.5, 0.6) is 0 Å². The van der Waals surface area contributed by atoms with Crippen LogP contribution in [-0.4, -0.2) is 11.9 Å². The lowest BCUT2D eigenvalue weighted by Gasteiger charge is -2.21. The molecule has 0 spiro atoms. The molecular formula is C15H19FN2O. The van der Waals surface area contributed by atoms with Crippen LogP contribution in [0, 0.1) is 5.82 Å². The van der Waals surface area contributed by atoms with Crippen LogP contribution in [0.4, 0.5) is 15.8 Å². The van der Waals surface area contributed by atoms with Crippen LogP contribution >= 0.6 is 0 Å². The fourth-order valence-electron chi connectivity index (χ4n) is 2.21. The van der Waals surface area contributed by atoms with Gasteiger partial charge in [-0.2, -0.15) is 0 Å². The van der Waals surface area contributed by atoms with Gasteiger partial charge in [0, 0.05) is 18.2 Å². The Morgan fingerprint density at radius 1 is 1.53 bits per heavy atom. The number of hydrogen-bond acceptors (Lipinski definition) is 2. The first-order valence-corrected chi connectivity index (χ1v) is 6.60. The predicted molar refractivity (Wildman–Crippen MR) is 75.9 cm³/mol. The highest BCUT2D eigenvalue weighted by Gasteiger charge is 2.18. The average molecular weight is 262 g/mol. The highest BCUT2D eigenvalue weighted by atomic mass is 19.1. The Morgan fingerprint density at radius 3 is 3.05 bits per heavy atom. The summed E-state index contributed by atoms with van der Waals surface area (Å²) < 4.78 is 14.0. The standard InChI is InChI=1S/C15H19FN2O/c1-3-4-5-10(2)17-14-9-13-11(8-12(14)16)6-7-15(19)18-13/h3,8-10,17H,1,4-7H2,2H3,(H,18,19). The van der Waals surface area contributed by atoms with E-state index in [0.717, 1.165) is 24.1 Å². The van der Waals surface area contributed by atoms with Gasteiger partial charge in [0.15, 0.2) is 0 Å². The maximum Gasteiger partial charge on any atom is 0.224 e. The van der Waals surface area contributed by atoms with Crippen molar-refractivity contribution in [2.45, 2.75) is 38.6 Å². The molecule has 1 amide bonds. The number of allylic oxidation sites excluding steroid dienone is 1. The molecule has 1 atom stereocenters. The second-order valence-electron chi connectivity index (χ2n) is 4.95. The minimum atomic E-state index is -0.264. The molecule has 3 nitrogen and oxygen atoms in total. The van der Waals surface area contributed by atoms with Gasteiger partial charge >= 0.3 is 0 Å². The SMILES string of the molecule is C=CCCC(C)Nc1cc2c(cc1F)CCC(=O)N2. The van der Waals surface area contributed by atoms with E-state index in [-0.39, 0.29) is 17.8 Å². The molecule has 0 fully saturated rings. The van der Waals surface area contributed by atoms with Crippen LogP contribution < -0.4 is 10.6 Å². The van der Waals surface area contributed by atoms with Crippen molar-refractivity contribution in [1.29, 1.82) is 0 Å². The van der Waals surface area contributed by atoms with E-state index in [9.17, 15) is 9.18 Å². The Hall–Kier alpha value is -1.84. The van der Waals surface area contributed by atoms with Crippen molar-refractivity contribution < 1.29 is 9.18 Å². The summed E-state index contributed by atoms with van der Waals surface area (Å²) in [5, 5.41) is 5.92. The molecule has 0 radical (unpaired) electrons. The third-order valence-electron chi connectivity index (χ3n) is 3.29. The van der Waals surface area contributed by atoms with Gasteiger partial charge in [-0.25, -0.2) is 4.39 Å². The number of hydrogen-bond donors (Lipinski definition) is 2. The molecule has 1 aromatic rings. The Labute approximate surface area is 112 Å². The van der Waals surface area contributed by atoms with E-state index in [2.05, 4.69) is 17.2 Å². The second kappa shape index (κ2) is 5.87. The topological polar surface area (TPSA) is 41.1 Å². The third kappa shape index (κ3) is 3.34. The molecule has 1 aliphatic rings. The largest absolute Gasteiger partial charge is 0.380 e. The van der Waals surface area contributed by atoms with Gasteiger partial charge in [0.05, 0.1) is 5.69 Å². The van der Waals surface area contributed by atoms with Gasteiger partial charge in [-0.3, -0.25) is 4.79 Å². The van der Waals surface area contributed by atoms with Crippen LogP contribution in [0.1, 0.15) is 31.7 Å². The van der Waals surface area contributed by atoms with E-state index < -0.39 is 0 Å². The first-order chi connectivity index (χ1) is 9.10. The summed E-state index contributed by atoms with van der Waals surface area (Å²) in [5.41, 5.74) is 2.02. The van der Waals surface area contributed by atoms with Crippen molar-refractivity contribution in [2.24, 2.45) is 0 Å². The predicted octanol–water partition coefficient (Wildman–Crippen LogP) is 3.48. The molecule has 19 heavy (non-hydrogen) atoms. The molecule has 1 heterocycles. The van der Waals surface area contributed by atoms with Crippen LogP contribution in [0.15, 0.2) is 24.8 Å². The number of benzene rings is 1. The molecule has 2 N–H and O–H groups in total. The molecule has 1 aromatic carbocycles. The van der Waals surface area contributed by atoms with Gasteiger partial charge in [-0.05, 0) is 43.9 Å². The van der Waals surface area contributed by atoms with Gasteiger partial charge in [0.1, 0.15) is 5.82 Å². The van der Waals surface area contributed by atoms with Crippen LogP contribution in [0.3, 0.4) is 0 Å². The van der Waals surface area contributed by atoms with E-state index >= 15 is 0 Å². The average Bonchev–Trinajstić information content (AvgIpc) is 2.38. The van der Waals surface area contributed by atoms with E-state index in [1.165, 1.54) is 6.07 Å². The fraction of sp³-hybridized carbons (Fsp3) is 0.400. The first-order valence-electron chi connectivity index (χ1n) is 6.60. The van der Waals surface area contributed by atoms with Crippen LogP contribution in [-0.2, 0) is 11.2 Å². The van der Waals surface area contributed by atoms with Gasteiger partial charge < -0.3 is 10.6 Å². The summed E-state index contributed by atoms with van der Waals surface area (Å²) in [6.07, 6.45) is 4.66. The number of rotatable bonds is 5. The summed E-state index contributed by atoms with van der Waals surface area (Å²) in [5.74, 6) is -0.273. The summed E-state index contributed by atoms with van der Waals surface area (Å²) in [4.78, 5) is 11.3. The molecular weight excluding hydrogens is 243 g/mol. The molecule has 2 rings (SSSR count). The number of anilines is 2. The van der Waals surface area contributed by atoms with Crippen molar-refractivity contribution in [3.8, 4) is 0 Å². The Morgan fingerprint density at radius 2 is 2.32 bits per heavy atom. The smallest absolute Gasteiger partial charge is 0.224 e. The lowest BCUT2D eigenvalue weighted by molar-refractivity contribution is -0.116.